The zero-order chi connectivity index (χ0) is 33.6. The number of fused-ring (bicyclic) bond motifs is 12. The number of rotatable bonds is 3. The second-order valence-corrected chi connectivity index (χ2v) is 14.0. The van der Waals surface area contributed by atoms with Crippen molar-refractivity contribution in [2.45, 2.75) is 0 Å². The van der Waals surface area contributed by atoms with Crippen molar-refractivity contribution in [1.29, 1.82) is 0 Å². The Kier molecular flexibility index (Phi) is 5.91. The Morgan fingerprint density at radius 1 is 0.490 bits per heavy atom. The Bertz CT molecular complexity index is 3250. The lowest BCUT2D eigenvalue weighted by molar-refractivity contribution is 0.669. The van der Waals surface area contributed by atoms with Gasteiger partial charge in [0.15, 0.2) is 5.82 Å². The number of nitrogens with zero attached hydrogens (tertiary/aromatic N) is 3. The van der Waals surface area contributed by atoms with Gasteiger partial charge in [-0.05, 0) is 91.0 Å². The van der Waals surface area contributed by atoms with Gasteiger partial charge in [-0.3, -0.25) is 0 Å². The summed E-state index contributed by atoms with van der Waals surface area (Å²) < 4.78 is 8.99. The summed E-state index contributed by atoms with van der Waals surface area (Å²) in [4.78, 5) is 22.9. The van der Waals surface area contributed by atoms with E-state index in [1.54, 1.807) is 4.40 Å². The van der Waals surface area contributed by atoms with E-state index in [4.69, 9.17) is 9.40 Å². The van der Waals surface area contributed by atoms with Crippen LogP contribution in [0.15, 0.2) is 161 Å². The largest absolute Gasteiger partial charge is 0.456 e. The van der Waals surface area contributed by atoms with E-state index < -0.39 is 0 Å². The molecule has 0 aliphatic carbocycles. The number of furan rings is 1. The molecule has 0 N–H and O–H groups in total. The third-order valence-corrected chi connectivity index (χ3v) is 11.1. The van der Waals surface area contributed by atoms with Gasteiger partial charge in [-0.25, -0.2) is 9.20 Å². The van der Waals surface area contributed by atoms with Gasteiger partial charge in [0.2, 0.25) is 4.96 Å². The highest BCUT2D eigenvalue weighted by atomic mass is 32.1. The lowest BCUT2D eigenvalue weighted by atomic mass is 9.91. The first-order chi connectivity index (χ1) is 25.2. The molecular formula is C45H25N3O2S. The Morgan fingerprint density at radius 3 is 1.90 bits per heavy atom. The molecule has 3 heterocycles. The highest BCUT2D eigenvalue weighted by molar-refractivity contribution is 7.23. The first kappa shape index (κ1) is 28.2. The normalized spacial score (nSPS) is 12.0. The van der Waals surface area contributed by atoms with Crippen LogP contribution < -0.4 is 5.69 Å². The van der Waals surface area contributed by atoms with Gasteiger partial charge in [0.25, 0.3) is 0 Å². The summed E-state index contributed by atoms with van der Waals surface area (Å²) >= 11 is 1.49. The molecule has 0 amide bonds. The van der Waals surface area contributed by atoms with Crippen molar-refractivity contribution >= 4 is 80.8 Å². The maximum absolute atomic E-state index is 13.2. The van der Waals surface area contributed by atoms with Gasteiger partial charge in [0.1, 0.15) is 11.2 Å². The fourth-order valence-electron chi connectivity index (χ4n) is 7.76. The second kappa shape index (κ2) is 10.7. The summed E-state index contributed by atoms with van der Waals surface area (Å²) in [5.41, 5.74) is 7.37. The van der Waals surface area contributed by atoms with Crippen LogP contribution in [-0.2, 0) is 0 Å². The first-order valence-corrected chi connectivity index (χ1v) is 17.7. The van der Waals surface area contributed by atoms with Crippen molar-refractivity contribution in [3.63, 3.8) is 0 Å². The minimum atomic E-state index is -0.330. The fraction of sp³-hybridized carbons (Fsp3) is 0. The van der Waals surface area contributed by atoms with Gasteiger partial charge in [-0.2, -0.15) is 9.97 Å². The molecule has 0 radical (unpaired) electrons. The minimum absolute atomic E-state index is 0.330. The summed E-state index contributed by atoms with van der Waals surface area (Å²) in [7, 11) is 0. The van der Waals surface area contributed by atoms with Crippen molar-refractivity contribution in [3.05, 3.63) is 162 Å². The van der Waals surface area contributed by atoms with Gasteiger partial charge in [0.05, 0.1) is 10.2 Å². The highest BCUT2D eigenvalue weighted by Crippen LogP contribution is 2.41. The Morgan fingerprint density at radius 2 is 1.14 bits per heavy atom. The fourth-order valence-corrected chi connectivity index (χ4v) is 8.81. The second-order valence-electron chi connectivity index (χ2n) is 12.9. The minimum Gasteiger partial charge on any atom is -0.456 e. The summed E-state index contributed by atoms with van der Waals surface area (Å²) in [6.45, 7) is 0. The van der Waals surface area contributed by atoms with Crippen molar-refractivity contribution in [1.82, 2.24) is 14.4 Å². The molecule has 11 aromatic rings. The van der Waals surface area contributed by atoms with Crippen LogP contribution in [0.4, 0.5) is 0 Å². The Hall–Kier alpha value is -6.63. The summed E-state index contributed by atoms with van der Waals surface area (Å²) in [5.74, 6) is 0.436. The molecule has 0 fully saturated rings. The quantitative estimate of drug-likeness (QED) is 0.175. The number of hydrogen-bond donors (Lipinski definition) is 0. The molecule has 0 aliphatic heterocycles. The Balaban J connectivity index is 1.08. The van der Waals surface area contributed by atoms with E-state index in [-0.39, 0.29) is 5.69 Å². The molecule has 0 aliphatic rings. The van der Waals surface area contributed by atoms with Crippen LogP contribution >= 0.6 is 11.3 Å². The zero-order valence-electron chi connectivity index (χ0n) is 27.0. The van der Waals surface area contributed by atoms with Crippen LogP contribution in [0.1, 0.15) is 0 Å². The molecule has 6 heteroatoms. The smallest absolute Gasteiger partial charge is 0.356 e. The van der Waals surface area contributed by atoms with Crippen LogP contribution in [0.25, 0.3) is 103 Å². The monoisotopic (exact) mass is 671 g/mol. The molecular weight excluding hydrogens is 647 g/mol. The zero-order valence-corrected chi connectivity index (χ0v) is 27.8. The molecule has 51 heavy (non-hydrogen) atoms. The van der Waals surface area contributed by atoms with Gasteiger partial charge >= 0.3 is 5.69 Å². The van der Waals surface area contributed by atoms with Crippen molar-refractivity contribution in [3.8, 4) is 33.6 Å². The van der Waals surface area contributed by atoms with Gasteiger partial charge in [-0.1, -0.05) is 127 Å². The number of aromatic nitrogens is 3. The van der Waals surface area contributed by atoms with Crippen molar-refractivity contribution < 1.29 is 4.42 Å². The summed E-state index contributed by atoms with van der Waals surface area (Å²) in [6.07, 6.45) is 0. The van der Waals surface area contributed by atoms with Gasteiger partial charge < -0.3 is 4.42 Å². The van der Waals surface area contributed by atoms with Crippen LogP contribution in [-0.4, -0.2) is 14.4 Å². The van der Waals surface area contributed by atoms with Crippen LogP contribution in [0, 0.1) is 0 Å². The predicted molar refractivity (Wildman–Crippen MR) is 211 cm³/mol. The van der Waals surface area contributed by atoms with Crippen LogP contribution in [0.5, 0.6) is 0 Å². The average molecular weight is 672 g/mol. The predicted octanol–water partition coefficient (Wildman–Crippen LogP) is 11.7. The number of hydrogen-bond acceptors (Lipinski definition) is 5. The molecule has 0 spiro atoms. The third-order valence-electron chi connectivity index (χ3n) is 10.1. The van der Waals surface area contributed by atoms with E-state index in [1.165, 1.54) is 43.7 Å². The lowest BCUT2D eigenvalue weighted by Crippen LogP contribution is -2.17. The maximum atomic E-state index is 13.2. The standard InChI is InChI=1S/C45H25N3O2S/c49-44-46-43(26-9-2-1-3-10-26)47-45-48(44)38-21-18-29(25-41(38)51-45)30-15-8-16-40-42(30)37-24-28(19-22-39(37)50-40)27-17-20-35-33-13-5-4-11-31(33)32-12-6-7-14-34(32)36(35)23-27/h1-25H. The number of benzene rings is 8. The highest BCUT2D eigenvalue weighted by Gasteiger charge is 2.17. The van der Waals surface area contributed by atoms with Crippen molar-refractivity contribution in [2.75, 3.05) is 0 Å². The van der Waals surface area contributed by atoms with E-state index >= 15 is 0 Å². The molecule has 11 rings (SSSR count). The van der Waals surface area contributed by atoms with Crippen LogP contribution in [0.2, 0.25) is 0 Å². The maximum Gasteiger partial charge on any atom is 0.356 e. The molecule has 8 aromatic carbocycles. The topological polar surface area (TPSA) is 60.4 Å². The first-order valence-electron chi connectivity index (χ1n) is 16.9. The Labute approximate surface area is 294 Å². The average Bonchev–Trinajstić information content (AvgIpc) is 3.76. The lowest BCUT2D eigenvalue weighted by Gasteiger charge is -2.12. The van der Waals surface area contributed by atoms with Crippen LogP contribution in [0.3, 0.4) is 0 Å². The van der Waals surface area contributed by atoms with Gasteiger partial charge in [-0.15, -0.1) is 0 Å². The van der Waals surface area contributed by atoms with Gasteiger partial charge in [0, 0.05) is 16.3 Å². The van der Waals surface area contributed by atoms with Crippen molar-refractivity contribution in [2.24, 2.45) is 0 Å². The van der Waals surface area contributed by atoms with E-state index in [0.717, 1.165) is 60.0 Å². The SMILES string of the molecule is O=c1nc(-c2ccccc2)nc2sc3cc(-c4cccc5oc6ccc(-c7ccc8c9ccccc9c9ccccc9c8c7)cc6c45)ccc3n12. The molecule has 238 valence electrons. The van der Waals surface area contributed by atoms with E-state index in [1.807, 2.05) is 48.5 Å². The van der Waals surface area contributed by atoms with E-state index in [9.17, 15) is 4.79 Å². The van der Waals surface area contributed by atoms with E-state index in [2.05, 4.69) is 108 Å². The molecule has 0 bridgehead atoms. The molecule has 0 unspecified atom stereocenters. The number of thiazole rings is 1. The summed E-state index contributed by atoms with van der Waals surface area (Å²) in [6, 6.07) is 52.7. The molecule has 0 atom stereocenters. The third kappa shape index (κ3) is 4.24. The molecule has 0 saturated carbocycles. The van der Waals surface area contributed by atoms with E-state index in [0.29, 0.717) is 10.8 Å². The molecule has 3 aromatic heterocycles. The summed E-state index contributed by atoms with van der Waals surface area (Å²) in [5, 5.41) is 9.69. The molecule has 0 saturated heterocycles. The molecule has 5 nitrogen and oxygen atoms in total.